The topological polar surface area (TPSA) is 101 Å². The minimum atomic E-state index is -1.36. The van der Waals surface area contributed by atoms with E-state index < -0.39 is 11.6 Å². The molecule has 0 radical (unpaired) electrons. The van der Waals surface area contributed by atoms with Gasteiger partial charge in [0.05, 0.1) is 13.7 Å². The Kier molecular flexibility index (Phi) is 11.6. The third-order valence-corrected chi connectivity index (χ3v) is 9.44. The molecule has 6 rings (SSSR count). The summed E-state index contributed by atoms with van der Waals surface area (Å²) in [7, 11) is 1.64. The second-order valence-electron chi connectivity index (χ2n) is 12.0. The third kappa shape index (κ3) is 8.25. The highest BCUT2D eigenvalue weighted by Gasteiger charge is 2.53. The van der Waals surface area contributed by atoms with E-state index in [0.29, 0.717) is 37.6 Å². The molecule has 0 aliphatic carbocycles. The number of aliphatic hydroxyl groups excluding tert-OH is 1. The zero-order valence-corrected chi connectivity index (χ0v) is 29.4. The first-order valence-corrected chi connectivity index (χ1v) is 17.4. The van der Waals surface area contributed by atoms with Crippen molar-refractivity contribution in [1.29, 1.82) is 0 Å². The van der Waals surface area contributed by atoms with Crippen molar-refractivity contribution in [2.75, 3.05) is 26.9 Å². The molecular weight excluding hydrogens is 694 g/mol. The monoisotopic (exact) mass is 733 g/mol. The molecule has 0 aromatic heterocycles. The van der Waals surface area contributed by atoms with E-state index in [9.17, 15) is 4.79 Å². The second kappa shape index (κ2) is 16.6. The maximum absolute atomic E-state index is 14.6. The largest absolute Gasteiger partial charge is 0.497 e. The summed E-state index contributed by atoms with van der Waals surface area (Å²) in [5.74, 6) is 1.53. The number of amides is 1. The van der Waals surface area contributed by atoms with E-state index in [1.807, 2.05) is 103 Å². The summed E-state index contributed by atoms with van der Waals surface area (Å²) >= 11 is 3.71. The maximum atomic E-state index is 14.6. The van der Waals surface area contributed by atoms with Gasteiger partial charge < -0.3 is 19.3 Å². The number of hydrogen-bond acceptors (Lipinski definition) is 7. The van der Waals surface area contributed by atoms with Crippen molar-refractivity contribution in [3.05, 3.63) is 154 Å². The average molecular weight is 735 g/mol. The predicted molar refractivity (Wildman–Crippen MR) is 199 cm³/mol. The molecule has 50 heavy (non-hydrogen) atoms. The summed E-state index contributed by atoms with van der Waals surface area (Å²) in [6.45, 7) is 0.984. The number of aliphatic hydroxyl groups is 1. The van der Waals surface area contributed by atoms with E-state index in [4.69, 9.17) is 24.3 Å². The molecule has 0 fully saturated rings. The van der Waals surface area contributed by atoms with Crippen molar-refractivity contribution in [1.82, 2.24) is 10.9 Å². The first-order valence-electron chi connectivity index (χ1n) is 16.6. The molecule has 1 amide bonds. The Balaban J connectivity index is 1.34. The zero-order chi connectivity index (χ0) is 34.8. The Morgan fingerprint density at radius 3 is 2.20 bits per heavy atom. The number of aliphatic imine (C=N–C) groups is 1. The van der Waals surface area contributed by atoms with Gasteiger partial charge in [-0.1, -0.05) is 101 Å². The number of hydrazine groups is 1. The summed E-state index contributed by atoms with van der Waals surface area (Å²) < 4.78 is 18.6. The SMILES string of the molecule is COc1ccc(CCNNC(=O)[C@@]2(Cc3ccccc3Br)N=C(c3ccc(OCCCO)cc3)O[C@H]2c2ccc(-c3ccccc3)cc2)cc1. The Morgan fingerprint density at radius 2 is 1.50 bits per heavy atom. The van der Waals surface area contributed by atoms with Gasteiger partial charge in [-0.2, -0.15) is 0 Å². The molecule has 0 spiro atoms. The number of ether oxygens (including phenoxy) is 3. The van der Waals surface area contributed by atoms with Crippen LogP contribution in [-0.4, -0.2) is 49.3 Å². The van der Waals surface area contributed by atoms with Gasteiger partial charge in [0.15, 0.2) is 11.6 Å². The number of carbonyl (C=O) groups excluding carboxylic acids is 1. The third-order valence-electron chi connectivity index (χ3n) is 8.67. The molecule has 1 aliphatic heterocycles. The van der Waals surface area contributed by atoms with Crippen molar-refractivity contribution in [3.63, 3.8) is 0 Å². The van der Waals surface area contributed by atoms with Gasteiger partial charge in [0.1, 0.15) is 11.5 Å². The summed E-state index contributed by atoms with van der Waals surface area (Å²) in [4.78, 5) is 19.8. The Labute approximate surface area is 301 Å². The van der Waals surface area contributed by atoms with Gasteiger partial charge in [0, 0.05) is 36.0 Å². The van der Waals surface area contributed by atoms with Crippen LogP contribution < -0.4 is 20.3 Å². The van der Waals surface area contributed by atoms with Gasteiger partial charge in [-0.3, -0.25) is 10.2 Å². The van der Waals surface area contributed by atoms with Crippen molar-refractivity contribution in [2.45, 2.75) is 30.9 Å². The highest BCUT2D eigenvalue weighted by atomic mass is 79.9. The molecule has 256 valence electrons. The lowest BCUT2D eigenvalue weighted by Crippen LogP contribution is -2.54. The van der Waals surface area contributed by atoms with E-state index in [-0.39, 0.29) is 18.9 Å². The summed E-state index contributed by atoms with van der Waals surface area (Å²) in [5, 5.41) is 9.12. The lowest BCUT2D eigenvalue weighted by molar-refractivity contribution is -0.130. The number of halogens is 1. The summed E-state index contributed by atoms with van der Waals surface area (Å²) in [6.07, 6.45) is 0.780. The zero-order valence-electron chi connectivity index (χ0n) is 27.8. The van der Waals surface area contributed by atoms with Crippen LogP contribution in [-0.2, 0) is 22.4 Å². The van der Waals surface area contributed by atoms with Crippen molar-refractivity contribution >= 4 is 27.7 Å². The van der Waals surface area contributed by atoms with Gasteiger partial charge >= 0.3 is 0 Å². The van der Waals surface area contributed by atoms with Crippen LogP contribution in [0.15, 0.2) is 137 Å². The lowest BCUT2D eigenvalue weighted by Gasteiger charge is -2.31. The fourth-order valence-corrected chi connectivity index (χ4v) is 6.37. The summed E-state index contributed by atoms with van der Waals surface area (Å²) in [6, 6.07) is 41.5. The number of benzene rings is 5. The fraction of sp³-hybridized carbons (Fsp3) is 0.220. The normalized spacial score (nSPS) is 16.7. The molecule has 5 aromatic rings. The predicted octanol–water partition coefficient (Wildman–Crippen LogP) is 7.25. The minimum Gasteiger partial charge on any atom is -0.497 e. The molecule has 3 N–H and O–H groups in total. The molecule has 1 aliphatic rings. The Bertz CT molecular complexity index is 1880. The van der Waals surface area contributed by atoms with Gasteiger partial charge in [0.25, 0.3) is 5.91 Å². The van der Waals surface area contributed by atoms with E-state index in [1.165, 1.54) is 0 Å². The van der Waals surface area contributed by atoms with Crippen molar-refractivity contribution in [3.8, 4) is 22.6 Å². The van der Waals surface area contributed by atoms with Crippen LogP contribution in [0.5, 0.6) is 11.5 Å². The van der Waals surface area contributed by atoms with Gasteiger partial charge in [-0.15, -0.1) is 0 Å². The number of rotatable bonds is 15. The van der Waals surface area contributed by atoms with Crippen LogP contribution in [0.3, 0.4) is 0 Å². The van der Waals surface area contributed by atoms with Crippen LogP contribution in [0.25, 0.3) is 11.1 Å². The Morgan fingerprint density at radius 1 is 0.840 bits per heavy atom. The molecule has 2 atom stereocenters. The highest BCUT2D eigenvalue weighted by molar-refractivity contribution is 9.10. The molecular formula is C41H40BrN3O5. The number of methoxy groups -OCH3 is 1. The molecule has 0 saturated carbocycles. The lowest BCUT2D eigenvalue weighted by atomic mass is 9.82. The Hall–Kier alpha value is -4.96. The van der Waals surface area contributed by atoms with Crippen LogP contribution >= 0.6 is 15.9 Å². The molecule has 1 heterocycles. The number of hydrogen-bond donors (Lipinski definition) is 3. The molecule has 8 nitrogen and oxygen atoms in total. The van der Waals surface area contributed by atoms with E-state index in [0.717, 1.165) is 43.6 Å². The number of nitrogens with one attached hydrogen (secondary N) is 2. The van der Waals surface area contributed by atoms with Crippen LogP contribution in [0.1, 0.15) is 34.8 Å². The first-order chi connectivity index (χ1) is 24.5. The van der Waals surface area contributed by atoms with Gasteiger partial charge in [-0.25, -0.2) is 10.4 Å². The molecule has 9 heteroatoms. The number of nitrogens with zero attached hydrogens (tertiary/aromatic N) is 1. The molecule has 0 saturated heterocycles. The number of carbonyl (C=O) groups is 1. The van der Waals surface area contributed by atoms with Crippen LogP contribution in [0.4, 0.5) is 0 Å². The minimum absolute atomic E-state index is 0.0639. The maximum Gasteiger partial charge on any atom is 0.266 e. The van der Waals surface area contributed by atoms with Crippen molar-refractivity contribution < 1.29 is 24.1 Å². The molecule has 5 aromatic carbocycles. The average Bonchev–Trinajstić information content (AvgIpc) is 3.55. The van der Waals surface area contributed by atoms with Crippen molar-refractivity contribution in [2.24, 2.45) is 4.99 Å². The van der Waals surface area contributed by atoms with Crippen LogP contribution in [0, 0.1) is 0 Å². The quantitative estimate of drug-likeness (QED) is 0.0775. The van der Waals surface area contributed by atoms with Gasteiger partial charge in [0.2, 0.25) is 5.90 Å². The standard InChI is InChI=1S/C41H40BrN3O5/c1-48-35-20-12-29(13-21-35)24-25-43-45-40(47)41(28-34-10-5-6-11-37(34)42)38(32-16-14-31(15-17-32)30-8-3-2-4-9-30)50-39(44-41)33-18-22-36(23-19-33)49-27-7-26-46/h2-6,8-23,38,43,46H,7,24-28H2,1H3,(H,45,47)/t38-,41-/m0/s1. The van der Waals surface area contributed by atoms with Crippen LogP contribution in [0.2, 0.25) is 0 Å². The van der Waals surface area contributed by atoms with Gasteiger partial charge in [-0.05, 0) is 76.7 Å². The van der Waals surface area contributed by atoms with E-state index >= 15 is 0 Å². The summed E-state index contributed by atoms with van der Waals surface area (Å²) in [5.41, 5.74) is 10.5. The fourth-order valence-electron chi connectivity index (χ4n) is 5.95. The smallest absolute Gasteiger partial charge is 0.266 e. The molecule has 0 unspecified atom stereocenters. The first kappa shape index (κ1) is 34.9. The highest BCUT2D eigenvalue weighted by Crippen LogP contribution is 2.43. The van der Waals surface area contributed by atoms with E-state index in [1.54, 1.807) is 7.11 Å². The molecule has 0 bridgehead atoms. The second-order valence-corrected chi connectivity index (χ2v) is 12.9. The van der Waals surface area contributed by atoms with E-state index in [2.05, 4.69) is 51.0 Å².